The summed E-state index contributed by atoms with van der Waals surface area (Å²) < 4.78 is 5.75. The van der Waals surface area contributed by atoms with Gasteiger partial charge >= 0.3 is 0 Å². The number of amides is 1. The third-order valence-corrected chi connectivity index (χ3v) is 5.44. The van der Waals surface area contributed by atoms with Crippen molar-refractivity contribution >= 4 is 11.7 Å². The molecular weight excluding hydrogens is 374 g/mol. The van der Waals surface area contributed by atoms with Crippen molar-refractivity contribution in [2.75, 3.05) is 6.61 Å². The molecule has 0 aromatic heterocycles. The number of rotatable bonds is 6. The molecular formula is C26H25NO3. The lowest BCUT2D eigenvalue weighted by Crippen LogP contribution is -2.29. The molecule has 0 saturated carbocycles. The minimum Gasteiger partial charge on any atom is -0.494 e. The molecule has 4 heteroatoms. The zero-order chi connectivity index (χ0) is 20.9. The molecule has 1 aliphatic rings. The van der Waals surface area contributed by atoms with Crippen LogP contribution in [0.15, 0.2) is 72.8 Å². The van der Waals surface area contributed by atoms with Crippen LogP contribution in [0.5, 0.6) is 5.75 Å². The Morgan fingerprint density at radius 2 is 1.50 bits per heavy atom. The maximum atomic E-state index is 13.0. The number of hydrogen-bond acceptors (Lipinski definition) is 3. The SMILES string of the molecule is CC(=O)c1cccc(OCCCC(=O)N2Cc3ccccc3-c3ccccc3C2)c1. The topological polar surface area (TPSA) is 46.6 Å². The van der Waals surface area contributed by atoms with E-state index >= 15 is 0 Å². The van der Waals surface area contributed by atoms with E-state index in [0.29, 0.717) is 43.9 Å². The second-order valence-electron chi connectivity index (χ2n) is 7.60. The van der Waals surface area contributed by atoms with Crippen LogP contribution in [0.1, 0.15) is 41.3 Å². The van der Waals surface area contributed by atoms with E-state index in [1.54, 1.807) is 12.1 Å². The summed E-state index contributed by atoms with van der Waals surface area (Å²) in [6.07, 6.45) is 1.06. The monoisotopic (exact) mass is 399 g/mol. The van der Waals surface area contributed by atoms with Gasteiger partial charge in [0.1, 0.15) is 5.75 Å². The van der Waals surface area contributed by atoms with Crippen LogP contribution in [-0.2, 0) is 17.9 Å². The lowest BCUT2D eigenvalue weighted by Gasteiger charge is -2.21. The third-order valence-electron chi connectivity index (χ3n) is 5.44. The Morgan fingerprint density at radius 3 is 2.13 bits per heavy atom. The Morgan fingerprint density at radius 1 is 0.867 bits per heavy atom. The van der Waals surface area contributed by atoms with Crippen LogP contribution >= 0.6 is 0 Å². The highest BCUT2D eigenvalue weighted by Gasteiger charge is 2.22. The molecule has 30 heavy (non-hydrogen) atoms. The van der Waals surface area contributed by atoms with Crippen molar-refractivity contribution in [3.05, 3.63) is 89.5 Å². The molecule has 0 radical (unpaired) electrons. The Hall–Kier alpha value is -3.40. The maximum Gasteiger partial charge on any atom is 0.223 e. The van der Waals surface area contributed by atoms with Crippen LogP contribution in [0.2, 0.25) is 0 Å². The quantitative estimate of drug-likeness (QED) is 0.420. The molecule has 0 spiro atoms. The van der Waals surface area contributed by atoms with Gasteiger partial charge in [-0.2, -0.15) is 0 Å². The number of benzene rings is 3. The fourth-order valence-electron chi connectivity index (χ4n) is 3.86. The summed E-state index contributed by atoms with van der Waals surface area (Å²) in [5.74, 6) is 0.799. The van der Waals surface area contributed by atoms with Crippen LogP contribution in [0, 0.1) is 0 Å². The standard InChI is InChI=1S/C26H25NO3/c1-19(28)20-10-6-11-23(16-20)30-15-7-14-26(29)27-17-21-8-2-4-12-24(21)25-13-5-3-9-22(25)18-27/h2-6,8-13,16H,7,14-15,17-18H2,1H3. The minimum absolute atomic E-state index is 0.0114. The number of ketones is 1. The van der Waals surface area contributed by atoms with Gasteiger partial charge in [-0.15, -0.1) is 0 Å². The van der Waals surface area contributed by atoms with Crippen LogP contribution in [0.3, 0.4) is 0 Å². The lowest BCUT2D eigenvalue weighted by molar-refractivity contribution is -0.132. The molecule has 1 heterocycles. The van der Waals surface area contributed by atoms with Crippen molar-refractivity contribution in [2.45, 2.75) is 32.9 Å². The molecule has 152 valence electrons. The Kier molecular flexibility index (Phi) is 5.94. The smallest absolute Gasteiger partial charge is 0.223 e. The summed E-state index contributed by atoms with van der Waals surface area (Å²) in [6.45, 7) is 3.21. The highest BCUT2D eigenvalue weighted by Crippen LogP contribution is 2.32. The largest absolute Gasteiger partial charge is 0.494 e. The van der Waals surface area contributed by atoms with Crippen molar-refractivity contribution < 1.29 is 14.3 Å². The van der Waals surface area contributed by atoms with Crippen molar-refractivity contribution in [3.63, 3.8) is 0 Å². The van der Waals surface area contributed by atoms with E-state index in [2.05, 4.69) is 24.3 Å². The first-order valence-corrected chi connectivity index (χ1v) is 10.3. The predicted molar refractivity (Wildman–Crippen MR) is 117 cm³/mol. The normalized spacial score (nSPS) is 12.5. The fraction of sp³-hybridized carbons (Fsp3) is 0.231. The predicted octanol–water partition coefficient (Wildman–Crippen LogP) is 5.26. The first kappa shape index (κ1) is 19.9. The van der Waals surface area contributed by atoms with E-state index in [4.69, 9.17) is 4.74 Å². The minimum atomic E-state index is 0.0114. The molecule has 3 aromatic carbocycles. The van der Waals surface area contributed by atoms with Gasteiger partial charge in [-0.3, -0.25) is 9.59 Å². The number of Topliss-reactive ketones (excluding diaryl/α,β-unsaturated/α-hetero) is 1. The molecule has 3 aromatic rings. The van der Waals surface area contributed by atoms with Gasteiger partial charge in [0.2, 0.25) is 5.91 Å². The molecule has 0 saturated heterocycles. The number of carbonyl (C=O) groups excluding carboxylic acids is 2. The summed E-state index contributed by atoms with van der Waals surface area (Å²) >= 11 is 0. The molecule has 0 unspecified atom stereocenters. The average Bonchev–Trinajstić information content (AvgIpc) is 2.94. The summed E-state index contributed by atoms with van der Waals surface area (Å²) in [6, 6.07) is 23.8. The Bertz CT molecular complexity index is 1030. The first-order chi connectivity index (χ1) is 14.6. The molecule has 4 rings (SSSR count). The Labute approximate surface area is 177 Å². The lowest BCUT2D eigenvalue weighted by atomic mass is 9.97. The van der Waals surface area contributed by atoms with E-state index in [0.717, 1.165) is 0 Å². The first-order valence-electron chi connectivity index (χ1n) is 10.3. The van der Waals surface area contributed by atoms with Gasteiger partial charge in [0.15, 0.2) is 5.78 Å². The molecule has 0 atom stereocenters. The van der Waals surface area contributed by atoms with E-state index in [-0.39, 0.29) is 11.7 Å². The van der Waals surface area contributed by atoms with Gasteiger partial charge in [-0.1, -0.05) is 60.7 Å². The number of hydrogen-bond donors (Lipinski definition) is 0. The maximum absolute atomic E-state index is 13.0. The van der Waals surface area contributed by atoms with Gasteiger partial charge in [-0.05, 0) is 47.7 Å². The zero-order valence-electron chi connectivity index (χ0n) is 17.1. The van der Waals surface area contributed by atoms with E-state index in [9.17, 15) is 9.59 Å². The van der Waals surface area contributed by atoms with Crippen molar-refractivity contribution in [3.8, 4) is 16.9 Å². The summed E-state index contributed by atoms with van der Waals surface area (Å²) in [4.78, 5) is 26.4. The zero-order valence-corrected chi connectivity index (χ0v) is 17.1. The van der Waals surface area contributed by atoms with Crippen molar-refractivity contribution in [1.29, 1.82) is 0 Å². The molecule has 1 aliphatic heterocycles. The number of ether oxygens (including phenoxy) is 1. The molecule has 1 amide bonds. The highest BCUT2D eigenvalue weighted by atomic mass is 16.5. The van der Waals surface area contributed by atoms with E-state index in [1.807, 2.05) is 41.3 Å². The van der Waals surface area contributed by atoms with Crippen LogP contribution in [0.25, 0.3) is 11.1 Å². The van der Waals surface area contributed by atoms with Crippen LogP contribution in [-0.4, -0.2) is 23.2 Å². The van der Waals surface area contributed by atoms with E-state index in [1.165, 1.54) is 29.2 Å². The number of carbonyl (C=O) groups is 2. The summed E-state index contributed by atoms with van der Waals surface area (Å²) in [5, 5.41) is 0. The number of fused-ring (bicyclic) bond motifs is 3. The van der Waals surface area contributed by atoms with Gasteiger partial charge in [0, 0.05) is 25.1 Å². The Balaban J connectivity index is 1.38. The second-order valence-corrected chi connectivity index (χ2v) is 7.60. The second kappa shape index (κ2) is 8.95. The van der Waals surface area contributed by atoms with Gasteiger partial charge < -0.3 is 9.64 Å². The van der Waals surface area contributed by atoms with Gasteiger partial charge in [0.25, 0.3) is 0 Å². The average molecular weight is 399 g/mol. The van der Waals surface area contributed by atoms with Crippen LogP contribution < -0.4 is 4.74 Å². The highest BCUT2D eigenvalue weighted by molar-refractivity contribution is 5.94. The number of nitrogens with zero attached hydrogens (tertiary/aromatic N) is 1. The van der Waals surface area contributed by atoms with Crippen LogP contribution in [0.4, 0.5) is 0 Å². The third kappa shape index (κ3) is 4.43. The van der Waals surface area contributed by atoms with E-state index < -0.39 is 0 Å². The van der Waals surface area contributed by atoms with Gasteiger partial charge in [0.05, 0.1) is 6.61 Å². The van der Waals surface area contributed by atoms with Gasteiger partial charge in [-0.25, -0.2) is 0 Å². The summed E-state index contributed by atoms with van der Waals surface area (Å²) in [7, 11) is 0. The molecule has 4 nitrogen and oxygen atoms in total. The molecule has 0 aliphatic carbocycles. The molecule has 0 N–H and O–H groups in total. The van der Waals surface area contributed by atoms with Crippen molar-refractivity contribution in [1.82, 2.24) is 4.90 Å². The molecule has 0 bridgehead atoms. The molecule has 0 fully saturated rings. The summed E-state index contributed by atoms with van der Waals surface area (Å²) in [5.41, 5.74) is 5.39. The fourth-order valence-corrected chi connectivity index (χ4v) is 3.86. The van der Waals surface area contributed by atoms with Crippen molar-refractivity contribution in [2.24, 2.45) is 0 Å².